The van der Waals surface area contributed by atoms with Crippen LogP contribution in [0.5, 0.6) is 0 Å². The van der Waals surface area contributed by atoms with E-state index in [9.17, 15) is 4.79 Å². The van der Waals surface area contributed by atoms with Crippen LogP contribution in [0.3, 0.4) is 0 Å². The molecule has 2 atom stereocenters. The van der Waals surface area contributed by atoms with Gasteiger partial charge in [0.05, 0.1) is 0 Å². The number of piperazine rings is 1. The molecule has 0 aliphatic carbocycles. The smallest absolute Gasteiger partial charge is 0.219 e. The molecule has 1 fully saturated rings. The normalized spacial score (nSPS) is 22.3. The number of nitrogens with two attached hydrogens (primary N) is 2. The first kappa shape index (κ1) is 14.4. The van der Waals surface area contributed by atoms with Gasteiger partial charge in [0, 0.05) is 51.2 Å². The van der Waals surface area contributed by atoms with E-state index in [1.165, 1.54) is 6.42 Å². The lowest BCUT2D eigenvalue weighted by Gasteiger charge is -2.40. The summed E-state index contributed by atoms with van der Waals surface area (Å²) in [6, 6.07) is 0.760. The van der Waals surface area contributed by atoms with Gasteiger partial charge in [-0.25, -0.2) is 0 Å². The molecule has 1 aliphatic rings. The molecule has 0 bridgehead atoms. The first-order chi connectivity index (χ1) is 8.08. The highest BCUT2D eigenvalue weighted by Gasteiger charge is 2.25. The fourth-order valence-electron chi connectivity index (χ4n) is 2.40. The van der Waals surface area contributed by atoms with Gasteiger partial charge in [-0.15, -0.1) is 0 Å². The van der Waals surface area contributed by atoms with E-state index in [2.05, 4.69) is 23.6 Å². The van der Waals surface area contributed by atoms with Gasteiger partial charge in [-0.3, -0.25) is 14.6 Å². The van der Waals surface area contributed by atoms with Crippen LogP contribution < -0.4 is 11.5 Å². The summed E-state index contributed by atoms with van der Waals surface area (Å²) in [6.45, 7) is 9.08. The van der Waals surface area contributed by atoms with Crippen LogP contribution in [0.1, 0.15) is 26.7 Å². The Morgan fingerprint density at radius 3 is 2.18 bits per heavy atom. The second-order valence-electron chi connectivity index (χ2n) is 4.89. The summed E-state index contributed by atoms with van der Waals surface area (Å²) in [5, 5.41) is 0. The maximum absolute atomic E-state index is 11.0. The van der Waals surface area contributed by atoms with Gasteiger partial charge in [0.25, 0.3) is 0 Å². The number of hydrogen-bond donors (Lipinski definition) is 2. The molecule has 1 rings (SSSR count). The van der Waals surface area contributed by atoms with E-state index in [4.69, 9.17) is 11.5 Å². The highest BCUT2D eigenvalue weighted by molar-refractivity contribution is 5.74. The molecule has 1 saturated heterocycles. The molecule has 1 aliphatic heterocycles. The van der Waals surface area contributed by atoms with Crippen molar-refractivity contribution in [3.63, 3.8) is 0 Å². The highest BCUT2D eigenvalue weighted by Crippen LogP contribution is 2.12. The molecule has 100 valence electrons. The van der Waals surface area contributed by atoms with Crippen molar-refractivity contribution in [2.45, 2.75) is 38.8 Å². The fourth-order valence-corrected chi connectivity index (χ4v) is 2.40. The molecule has 0 aromatic heterocycles. The van der Waals surface area contributed by atoms with Crippen LogP contribution in [0.25, 0.3) is 0 Å². The summed E-state index contributed by atoms with van der Waals surface area (Å²) in [5.41, 5.74) is 11.0. The molecular weight excluding hydrogens is 216 g/mol. The quantitative estimate of drug-likeness (QED) is 0.665. The van der Waals surface area contributed by atoms with Crippen LogP contribution in [0.4, 0.5) is 0 Å². The standard InChI is InChI=1S/C12H26N4O/c1-3-10(2)15-4-6-16(7-5-15)11(9-13)8-12(14)17/h10-11H,3-9,13H2,1-2H3,(H2,14,17). The Bertz CT molecular complexity index is 239. The molecule has 2 unspecified atom stereocenters. The van der Waals surface area contributed by atoms with E-state index in [1.807, 2.05) is 0 Å². The van der Waals surface area contributed by atoms with E-state index < -0.39 is 0 Å². The number of carbonyl (C=O) groups excluding carboxylic acids is 1. The van der Waals surface area contributed by atoms with Gasteiger partial charge in [-0.05, 0) is 13.3 Å². The number of primary amides is 1. The van der Waals surface area contributed by atoms with Crippen molar-refractivity contribution < 1.29 is 4.79 Å². The average Bonchev–Trinajstić information content (AvgIpc) is 2.35. The van der Waals surface area contributed by atoms with Crippen molar-refractivity contribution in [2.24, 2.45) is 11.5 Å². The SMILES string of the molecule is CCC(C)N1CCN(C(CN)CC(N)=O)CC1. The Kier molecular flexibility index (Phi) is 5.88. The summed E-state index contributed by atoms with van der Waals surface area (Å²) in [4.78, 5) is 15.7. The number of nitrogens with zero attached hydrogens (tertiary/aromatic N) is 2. The first-order valence-corrected chi connectivity index (χ1v) is 6.55. The highest BCUT2D eigenvalue weighted by atomic mass is 16.1. The van der Waals surface area contributed by atoms with E-state index in [-0.39, 0.29) is 11.9 Å². The summed E-state index contributed by atoms with van der Waals surface area (Å²) < 4.78 is 0. The molecule has 0 aromatic rings. The Morgan fingerprint density at radius 1 is 1.24 bits per heavy atom. The number of amides is 1. The zero-order chi connectivity index (χ0) is 12.8. The second-order valence-corrected chi connectivity index (χ2v) is 4.89. The Balaban J connectivity index is 2.41. The van der Waals surface area contributed by atoms with Crippen molar-refractivity contribution in [3.05, 3.63) is 0 Å². The van der Waals surface area contributed by atoms with Gasteiger partial charge in [0.2, 0.25) is 5.91 Å². The molecule has 5 nitrogen and oxygen atoms in total. The second kappa shape index (κ2) is 6.93. The molecule has 5 heteroatoms. The maximum Gasteiger partial charge on any atom is 0.219 e. The van der Waals surface area contributed by atoms with Crippen LogP contribution in [0.2, 0.25) is 0 Å². The molecule has 1 amide bonds. The lowest BCUT2D eigenvalue weighted by atomic mass is 10.1. The van der Waals surface area contributed by atoms with Crippen molar-refractivity contribution >= 4 is 5.91 Å². The van der Waals surface area contributed by atoms with Gasteiger partial charge in [-0.2, -0.15) is 0 Å². The summed E-state index contributed by atoms with van der Waals surface area (Å²) in [5.74, 6) is -0.259. The number of rotatable bonds is 6. The molecule has 0 spiro atoms. The van der Waals surface area contributed by atoms with E-state index in [0.29, 0.717) is 19.0 Å². The zero-order valence-electron chi connectivity index (χ0n) is 11.1. The molecule has 0 aromatic carbocycles. The largest absolute Gasteiger partial charge is 0.370 e. The third-order valence-electron chi connectivity index (χ3n) is 3.79. The molecule has 0 radical (unpaired) electrons. The van der Waals surface area contributed by atoms with E-state index in [0.717, 1.165) is 26.2 Å². The zero-order valence-corrected chi connectivity index (χ0v) is 11.1. The van der Waals surface area contributed by atoms with Crippen LogP contribution in [0, 0.1) is 0 Å². The Morgan fingerprint density at radius 2 is 1.76 bits per heavy atom. The number of carbonyl (C=O) groups is 1. The predicted octanol–water partition coefficient (Wildman–Crippen LogP) is -0.395. The minimum Gasteiger partial charge on any atom is -0.370 e. The minimum atomic E-state index is -0.259. The van der Waals surface area contributed by atoms with Gasteiger partial charge in [0.1, 0.15) is 0 Å². The molecule has 17 heavy (non-hydrogen) atoms. The first-order valence-electron chi connectivity index (χ1n) is 6.55. The average molecular weight is 242 g/mol. The van der Waals surface area contributed by atoms with Gasteiger partial charge >= 0.3 is 0 Å². The van der Waals surface area contributed by atoms with Gasteiger partial charge in [-0.1, -0.05) is 6.92 Å². The third kappa shape index (κ3) is 4.26. The van der Waals surface area contributed by atoms with Crippen molar-refractivity contribution in [1.82, 2.24) is 9.80 Å². The fraction of sp³-hybridized carbons (Fsp3) is 0.917. The third-order valence-corrected chi connectivity index (χ3v) is 3.79. The maximum atomic E-state index is 11.0. The topological polar surface area (TPSA) is 75.6 Å². The van der Waals surface area contributed by atoms with Crippen molar-refractivity contribution in [1.29, 1.82) is 0 Å². The molecular formula is C12H26N4O. The Hall–Kier alpha value is -0.650. The number of hydrogen-bond acceptors (Lipinski definition) is 4. The molecule has 1 heterocycles. The van der Waals surface area contributed by atoms with Crippen molar-refractivity contribution in [2.75, 3.05) is 32.7 Å². The van der Waals surface area contributed by atoms with Gasteiger partial charge < -0.3 is 11.5 Å². The summed E-state index contributed by atoms with van der Waals surface area (Å²) in [7, 11) is 0. The summed E-state index contributed by atoms with van der Waals surface area (Å²) in [6.07, 6.45) is 1.56. The van der Waals surface area contributed by atoms with E-state index in [1.54, 1.807) is 0 Å². The van der Waals surface area contributed by atoms with Crippen LogP contribution in [-0.2, 0) is 4.79 Å². The van der Waals surface area contributed by atoms with Crippen LogP contribution in [-0.4, -0.2) is 60.5 Å². The Labute approximate surface area is 104 Å². The van der Waals surface area contributed by atoms with E-state index >= 15 is 0 Å². The van der Waals surface area contributed by atoms with Gasteiger partial charge in [0.15, 0.2) is 0 Å². The lowest BCUT2D eigenvalue weighted by Crippen LogP contribution is -2.54. The minimum absolute atomic E-state index is 0.117. The predicted molar refractivity (Wildman–Crippen MR) is 69.6 cm³/mol. The van der Waals surface area contributed by atoms with Crippen LogP contribution >= 0.6 is 0 Å². The van der Waals surface area contributed by atoms with Crippen molar-refractivity contribution in [3.8, 4) is 0 Å². The summed E-state index contributed by atoms with van der Waals surface area (Å²) >= 11 is 0. The lowest BCUT2D eigenvalue weighted by molar-refractivity contribution is -0.119. The molecule has 0 saturated carbocycles. The van der Waals surface area contributed by atoms with Crippen LogP contribution in [0.15, 0.2) is 0 Å². The monoisotopic (exact) mass is 242 g/mol. The molecule has 4 N–H and O–H groups in total.